The summed E-state index contributed by atoms with van der Waals surface area (Å²) in [6.45, 7) is 2.91. The first-order valence-electron chi connectivity index (χ1n) is 6.97. The van der Waals surface area contributed by atoms with Gasteiger partial charge in [0.2, 0.25) is 5.91 Å². The van der Waals surface area contributed by atoms with Crippen LogP contribution in [0.15, 0.2) is 30.3 Å². The molecule has 1 saturated heterocycles. The smallest absolute Gasteiger partial charge is 0.230 e. The number of nitrogens with one attached hydrogen (secondary N) is 2. The second kappa shape index (κ2) is 8.23. The molecule has 0 unspecified atom stereocenters. The van der Waals surface area contributed by atoms with E-state index in [-0.39, 0.29) is 5.91 Å². The van der Waals surface area contributed by atoms with E-state index in [2.05, 4.69) is 22.8 Å². The normalized spacial score (nSPS) is 16.2. The summed E-state index contributed by atoms with van der Waals surface area (Å²) < 4.78 is 0. The molecule has 1 heterocycles. The van der Waals surface area contributed by atoms with E-state index >= 15 is 0 Å². The van der Waals surface area contributed by atoms with E-state index in [4.69, 9.17) is 0 Å². The summed E-state index contributed by atoms with van der Waals surface area (Å²) in [5, 5.41) is 6.99. The summed E-state index contributed by atoms with van der Waals surface area (Å²) in [6.07, 6.45) is 3.27. The van der Waals surface area contributed by atoms with E-state index in [1.165, 1.54) is 18.4 Å². The molecule has 1 aromatic carbocycles. The highest BCUT2D eigenvalue weighted by Crippen LogP contribution is 2.19. The van der Waals surface area contributed by atoms with Gasteiger partial charge in [-0.1, -0.05) is 30.3 Å². The molecule has 1 aliphatic rings. The molecule has 104 valence electrons. The summed E-state index contributed by atoms with van der Waals surface area (Å²) in [5.41, 5.74) is 1.27. The monoisotopic (exact) mass is 278 g/mol. The lowest BCUT2D eigenvalue weighted by Gasteiger charge is -2.21. The van der Waals surface area contributed by atoms with Crippen molar-refractivity contribution in [3.05, 3.63) is 35.9 Å². The van der Waals surface area contributed by atoms with Crippen molar-refractivity contribution in [3.8, 4) is 0 Å². The summed E-state index contributed by atoms with van der Waals surface area (Å²) in [7, 11) is 0. The maximum atomic E-state index is 11.7. The molecule has 1 amide bonds. The zero-order valence-electron chi connectivity index (χ0n) is 11.2. The molecule has 1 fully saturated rings. The first kappa shape index (κ1) is 14.4. The lowest BCUT2D eigenvalue weighted by Crippen LogP contribution is -2.32. The second-order valence-corrected chi connectivity index (χ2v) is 6.13. The molecule has 0 bridgehead atoms. The van der Waals surface area contributed by atoms with Crippen molar-refractivity contribution in [2.24, 2.45) is 0 Å². The molecule has 0 spiro atoms. The van der Waals surface area contributed by atoms with Crippen LogP contribution in [-0.4, -0.2) is 36.5 Å². The standard InChI is InChI=1S/C15H22N2OS/c18-15(12-19-14-7-9-16-10-8-14)17-11-6-13-4-2-1-3-5-13/h1-5,14,16H,6-12H2,(H,17,18). The molecular weight excluding hydrogens is 256 g/mol. The third kappa shape index (κ3) is 5.66. The van der Waals surface area contributed by atoms with Crippen LogP contribution in [0.4, 0.5) is 0 Å². The van der Waals surface area contributed by atoms with Gasteiger partial charge in [0, 0.05) is 11.8 Å². The number of hydrogen-bond donors (Lipinski definition) is 2. The number of piperidine rings is 1. The SMILES string of the molecule is O=C(CSC1CCNCC1)NCCc1ccccc1. The topological polar surface area (TPSA) is 41.1 Å². The molecular formula is C15H22N2OS. The quantitative estimate of drug-likeness (QED) is 0.834. The van der Waals surface area contributed by atoms with Crippen LogP contribution >= 0.6 is 11.8 Å². The van der Waals surface area contributed by atoms with Gasteiger partial charge in [0.1, 0.15) is 0 Å². The fourth-order valence-electron chi connectivity index (χ4n) is 2.20. The number of amides is 1. The fraction of sp³-hybridized carbons (Fsp3) is 0.533. The van der Waals surface area contributed by atoms with Crippen molar-refractivity contribution >= 4 is 17.7 Å². The lowest BCUT2D eigenvalue weighted by molar-refractivity contribution is -0.118. The van der Waals surface area contributed by atoms with Crippen LogP contribution in [0.2, 0.25) is 0 Å². The van der Waals surface area contributed by atoms with Gasteiger partial charge in [-0.15, -0.1) is 11.8 Å². The highest BCUT2D eigenvalue weighted by atomic mass is 32.2. The third-order valence-corrected chi connectivity index (χ3v) is 4.69. The molecule has 2 rings (SSSR count). The average molecular weight is 278 g/mol. The minimum atomic E-state index is 0.166. The Morgan fingerprint density at radius 3 is 2.74 bits per heavy atom. The Bertz CT molecular complexity index is 377. The van der Waals surface area contributed by atoms with E-state index in [1.54, 1.807) is 11.8 Å². The molecule has 4 heteroatoms. The van der Waals surface area contributed by atoms with E-state index in [0.29, 0.717) is 11.0 Å². The van der Waals surface area contributed by atoms with Crippen LogP contribution in [0.5, 0.6) is 0 Å². The van der Waals surface area contributed by atoms with Gasteiger partial charge in [-0.2, -0.15) is 0 Å². The van der Waals surface area contributed by atoms with Gasteiger partial charge in [-0.3, -0.25) is 4.79 Å². The molecule has 2 N–H and O–H groups in total. The summed E-state index contributed by atoms with van der Waals surface area (Å²) in [5.74, 6) is 0.763. The Morgan fingerprint density at radius 2 is 2.00 bits per heavy atom. The van der Waals surface area contributed by atoms with Gasteiger partial charge in [0.15, 0.2) is 0 Å². The number of carbonyl (C=O) groups is 1. The van der Waals surface area contributed by atoms with Crippen LogP contribution in [0.1, 0.15) is 18.4 Å². The average Bonchev–Trinajstić information content (AvgIpc) is 2.47. The van der Waals surface area contributed by atoms with E-state index in [9.17, 15) is 4.79 Å². The van der Waals surface area contributed by atoms with Crippen LogP contribution in [0.25, 0.3) is 0 Å². The predicted octanol–water partition coefficient (Wildman–Crippen LogP) is 1.83. The zero-order chi connectivity index (χ0) is 13.3. The fourth-order valence-corrected chi connectivity index (χ4v) is 3.26. The third-order valence-electron chi connectivity index (χ3n) is 3.31. The van der Waals surface area contributed by atoms with E-state index in [1.807, 2.05) is 18.2 Å². The maximum Gasteiger partial charge on any atom is 0.230 e. The highest BCUT2D eigenvalue weighted by Gasteiger charge is 2.14. The van der Waals surface area contributed by atoms with Crippen molar-refractivity contribution in [3.63, 3.8) is 0 Å². The second-order valence-electron chi connectivity index (χ2n) is 4.85. The van der Waals surface area contributed by atoms with Gasteiger partial charge in [-0.05, 0) is 37.9 Å². The minimum absolute atomic E-state index is 0.166. The summed E-state index contributed by atoms with van der Waals surface area (Å²) in [6, 6.07) is 10.3. The maximum absolute atomic E-state index is 11.7. The Balaban J connectivity index is 1.57. The molecule has 0 aliphatic carbocycles. The minimum Gasteiger partial charge on any atom is -0.355 e. The van der Waals surface area contributed by atoms with E-state index < -0.39 is 0 Å². The van der Waals surface area contributed by atoms with E-state index in [0.717, 1.165) is 26.1 Å². The molecule has 1 aromatic rings. The number of thioether (sulfide) groups is 1. The van der Waals surface area contributed by atoms with Crippen LogP contribution in [-0.2, 0) is 11.2 Å². The van der Waals surface area contributed by atoms with Gasteiger partial charge in [0.05, 0.1) is 5.75 Å². The first-order valence-corrected chi connectivity index (χ1v) is 8.02. The van der Waals surface area contributed by atoms with Crippen molar-refractivity contribution in [2.75, 3.05) is 25.4 Å². The molecule has 19 heavy (non-hydrogen) atoms. The Morgan fingerprint density at radius 1 is 1.26 bits per heavy atom. The predicted molar refractivity (Wildman–Crippen MR) is 81.5 cm³/mol. The lowest BCUT2D eigenvalue weighted by atomic mass is 10.1. The summed E-state index contributed by atoms with van der Waals surface area (Å²) >= 11 is 1.80. The summed E-state index contributed by atoms with van der Waals surface area (Å²) in [4.78, 5) is 11.7. The van der Waals surface area contributed by atoms with Gasteiger partial charge in [0.25, 0.3) is 0 Å². The Labute approximate surface area is 119 Å². The number of benzene rings is 1. The number of carbonyl (C=O) groups excluding carboxylic acids is 1. The van der Waals surface area contributed by atoms with Gasteiger partial charge in [-0.25, -0.2) is 0 Å². The molecule has 0 saturated carbocycles. The van der Waals surface area contributed by atoms with Crippen molar-refractivity contribution in [1.29, 1.82) is 0 Å². The van der Waals surface area contributed by atoms with Crippen molar-refractivity contribution < 1.29 is 4.79 Å². The first-order chi connectivity index (χ1) is 9.34. The molecule has 0 aromatic heterocycles. The Hall–Kier alpha value is -1.00. The van der Waals surface area contributed by atoms with Gasteiger partial charge >= 0.3 is 0 Å². The number of hydrogen-bond acceptors (Lipinski definition) is 3. The molecule has 0 atom stereocenters. The van der Waals surface area contributed by atoms with Crippen LogP contribution in [0, 0.1) is 0 Å². The largest absolute Gasteiger partial charge is 0.355 e. The molecule has 3 nitrogen and oxygen atoms in total. The van der Waals surface area contributed by atoms with Gasteiger partial charge < -0.3 is 10.6 Å². The van der Waals surface area contributed by atoms with Crippen LogP contribution < -0.4 is 10.6 Å². The van der Waals surface area contributed by atoms with Crippen LogP contribution in [0.3, 0.4) is 0 Å². The Kier molecular flexibility index (Phi) is 6.24. The zero-order valence-corrected chi connectivity index (χ0v) is 12.0. The highest BCUT2D eigenvalue weighted by molar-refractivity contribution is 8.00. The molecule has 0 radical (unpaired) electrons. The number of rotatable bonds is 6. The van der Waals surface area contributed by atoms with Crippen molar-refractivity contribution in [1.82, 2.24) is 10.6 Å². The molecule has 1 aliphatic heterocycles. The van der Waals surface area contributed by atoms with Crippen molar-refractivity contribution in [2.45, 2.75) is 24.5 Å².